The number of halogens is 2. The maximum absolute atomic E-state index is 12.9. The molecule has 2 aromatic carbocycles. The lowest BCUT2D eigenvalue weighted by Gasteiger charge is -2.25. The number of carbonyl (C=O) groups is 3. The maximum atomic E-state index is 12.9. The summed E-state index contributed by atoms with van der Waals surface area (Å²) in [5.74, 6) is -1.10. The van der Waals surface area contributed by atoms with Crippen molar-refractivity contribution in [2.45, 2.75) is 38.0 Å². The summed E-state index contributed by atoms with van der Waals surface area (Å²) in [5.41, 5.74) is 7.12. The van der Waals surface area contributed by atoms with Crippen LogP contribution in [0.2, 0.25) is 5.02 Å². The zero-order chi connectivity index (χ0) is 22.4. The van der Waals surface area contributed by atoms with E-state index in [4.69, 9.17) is 22.1 Å². The number of hydrogen-bond acceptors (Lipinski definition) is 4. The lowest BCUT2D eigenvalue weighted by atomic mass is 10.0. The van der Waals surface area contributed by atoms with Gasteiger partial charge in [0.2, 0.25) is 11.8 Å². The third kappa shape index (κ3) is 6.21. The van der Waals surface area contributed by atoms with Crippen LogP contribution in [-0.2, 0) is 27.4 Å². The van der Waals surface area contributed by atoms with Gasteiger partial charge >= 0.3 is 6.09 Å². The van der Waals surface area contributed by atoms with Crippen LogP contribution >= 0.6 is 27.5 Å². The van der Waals surface area contributed by atoms with Gasteiger partial charge in [0, 0.05) is 22.5 Å². The molecule has 3 N–H and O–H groups in total. The van der Waals surface area contributed by atoms with Crippen LogP contribution in [0.1, 0.15) is 24.0 Å². The molecule has 31 heavy (non-hydrogen) atoms. The number of likely N-dealkylation sites (tertiary alicyclic amines) is 1. The van der Waals surface area contributed by atoms with Gasteiger partial charge in [0.05, 0.1) is 0 Å². The molecule has 2 aromatic rings. The summed E-state index contributed by atoms with van der Waals surface area (Å²) in [6.07, 6.45) is 0.765. The Bertz CT molecular complexity index is 957. The first-order valence-electron chi connectivity index (χ1n) is 9.86. The Kier molecular flexibility index (Phi) is 7.92. The van der Waals surface area contributed by atoms with Gasteiger partial charge in [-0.1, -0.05) is 57.9 Å². The first-order valence-corrected chi connectivity index (χ1v) is 11.0. The lowest BCUT2D eigenvalue weighted by molar-refractivity contribution is -0.130. The van der Waals surface area contributed by atoms with E-state index in [1.165, 1.54) is 4.90 Å². The summed E-state index contributed by atoms with van der Waals surface area (Å²) in [5, 5.41) is 3.20. The van der Waals surface area contributed by atoms with E-state index in [1.54, 1.807) is 18.2 Å². The molecule has 164 valence electrons. The zero-order valence-corrected chi connectivity index (χ0v) is 19.1. The number of nitrogens with zero attached hydrogens (tertiary/aromatic N) is 1. The molecule has 0 aromatic heterocycles. The number of nitrogens with two attached hydrogens (primary N) is 1. The van der Waals surface area contributed by atoms with Crippen molar-refractivity contribution in [2.24, 2.45) is 5.73 Å². The molecular weight excluding hydrogens is 486 g/mol. The molecule has 1 fully saturated rings. The molecular formula is C22H23BrClN3O4. The minimum Gasteiger partial charge on any atom is -0.445 e. The van der Waals surface area contributed by atoms with Crippen LogP contribution in [0, 0.1) is 0 Å². The molecule has 1 saturated heterocycles. The summed E-state index contributed by atoms with van der Waals surface area (Å²) < 4.78 is 6.12. The Morgan fingerprint density at radius 3 is 2.68 bits per heavy atom. The highest BCUT2D eigenvalue weighted by molar-refractivity contribution is 9.10. The fraction of sp³-hybridized carbons (Fsp3) is 0.318. The van der Waals surface area contributed by atoms with Gasteiger partial charge in [0.25, 0.3) is 0 Å². The van der Waals surface area contributed by atoms with Gasteiger partial charge in [-0.05, 0) is 42.2 Å². The van der Waals surface area contributed by atoms with E-state index < -0.39 is 30.0 Å². The molecule has 1 aliphatic heterocycles. The van der Waals surface area contributed by atoms with Crippen LogP contribution in [-0.4, -0.2) is 41.4 Å². The van der Waals surface area contributed by atoms with Crippen molar-refractivity contribution >= 4 is 45.4 Å². The summed E-state index contributed by atoms with van der Waals surface area (Å²) in [6, 6.07) is 12.8. The Hall–Kier alpha value is -2.58. The number of hydrogen-bond donors (Lipinski definition) is 2. The van der Waals surface area contributed by atoms with Crippen LogP contribution < -0.4 is 11.1 Å². The van der Waals surface area contributed by atoms with Gasteiger partial charge in [0.15, 0.2) is 0 Å². The summed E-state index contributed by atoms with van der Waals surface area (Å²) in [6.45, 7) is 0.532. The van der Waals surface area contributed by atoms with Gasteiger partial charge in [-0.3, -0.25) is 14.5 Å². The smallest absolute Gasteiger partial charge is 0.410 e. The molecule has 0 aliphatic carbocycles. The highest BCUT2D eigenvalue weighted by Crippen LogP contribution is 2.23. The lowest BCUT2D eigenvalue weighted by Crippen LogP contribution is -2.53. The van der Waals surface area contributed by atoms with Crippen molar-refractivity contribution in [3.63, 3.8) is 0 Å². The second-order valence-electron chi connectivity index (χ2n) is 7.30. The average molecular weight is 509 g/mol. The van der Waals surface area contributed by atoms with E-state index >= 15 is 0 Å². The Morgan fingerprint density at radius 2 is 1.97 bits per heavy atom. The standard InChI is InChI=1S/C22H23BrClN3O4/c23-17-9-8-16(24)11-15(17)12-18(20(25)28)26-21(29)19-7-4-10-27(19)22(30)31-13-14-5-2-1-3-6-14/h1-3,5-6,8-9,11,18-19H,4,7,10,12-13H2,(H2,25,28)(H,26,29)/t18-,19+/m0/s1. The molecule has 0 saturated carbocycles. The molecule has 3 rings (SSSR count). The molecule has 0 unspecified atom stereocenters. The molecule has 2 atom stereocenters. The first-order chi connectivity index (χ1) is 14.8. The molecule has 0 spiro atoms. The number of nitrogens with one attached hydrogen (secondary N) is 1. The number of rotatable bonds is 7. The summed E-state index contributed by atoms with van der Waals surface area (Å²) >= 11 is 9.45. The molecule has 0 bridgehead atoms. The fourth-order valence-electron chi connectivity index (χ4n) is 3.47. The van der Waals surface area contributed by atoms with Gasteiger partial charge in [-0.15, -0.1) is 0 Å². The third-order valence-corrected chi connectivity index (χ3v) is 6.10. The van der Waals surface area contributed by atoms with Gasteiger partial charge in [0.1, 0.15) is 18.7 Å². The monoisotopic (exact) mass is 507 g/mol. The minimum atomic E-state index is -0.940. The first kappa shape index (κ1) is 23.1. The number of carbonyl (C=O) groups excluding carboxylic acids is 3. The van der Waals surface area contributed by atoms with Crippen LogP contribution in [0.4, 0.5) is 4.79 Å². The van der Waals surface area contributed by atoms with Crippen molar-refractivity contribution < 1.29 is 19.1 Å². The number of ether oxygens (including phenoxy) is 1. The van der Waals surface area contributed by atoms with Crippen LogP contribution in [0.3, 0.4) is 0 Å². The Labute approximate surface area is 194 Å². The normalized spacial score (nSPS) is 16.6. The molecule has 9 heteroatoms. The van der Waals surface area contributed by atoms with Crippen LogP contribution in [0.15, 0.2) is 53.0 Å². The van der Waals surface area contributed by atoms with Crippen molar-refractivity contribution in [1.82, 2.24) is 10.2 Å². The average Bonchev–Trinajstić information content (AvgIpc) is 3.25. The molecule has 3 amide bonds. The van der Waals surface area contributed by atoms with Gasteiger partial charge in [-0.2, -0.15) is 0 Å². The van der Waals surface area contributed by atoms with E-state index in [2.05, 4.69) is 21.2 Å². The van der Waals surface area contributed by atoms with Crippen molar-refractivity contribution in [3.05, 3.63) is 69.2 Å². The van der Waals surface area contributed by atoms with Gasteiger partial charge < -0.3 is 15.8 Å². The summed E-state index contributed by atoms with van der Waals surface area (Å²) in [7, 11) is 0. The highest BCUT2D eigenvalue weighted by Gasteiger charge is 2.36. The second kappa shape index (κ2) is 10.6. The second-order valence-corrected chi connectivity index (χ2v) is 8.59. The zero-order valence-electron chi connectivity index (χ0n) is 16.7. The van der Waals surface area contributed by atoms with Gasteiger partial charge in [-0.25, -0.2) is 4.79 Å². The van der Waals surface area contributed by atoms with Crippen molar-refractivity contribution in [2.75, 3.05) is 6.54 Å². The fourth-order valence-corrected chi connectivity index (χ4v) is 4.07. The molecule has 0 radical (unpaired) electrons. The number of primary amides is 1. The van der Waals surface area contributed by atoms with Crippen molar-refractivity contribution in [1.29, 1.82) is 0 Å². The van der Waals surface area contributed by atoms with E-state index in [0.717, 1.165) is 15.6 Å². The Balaban J connectivity index is 1.63. The van der Waals surface area contributed by atoms with E-state index in [-0.39, 0.29) is 13.0 Å². The predicted octanol–water partition coefficient (Wildman–Crippen LogP) is 3.42. The van der Waals surface area contributed by atoms with E-state index in [1.807, 2.05) is 30.3 Å². The predicted molar refractivity (Wildman–Crippen MR) is 120 cm³/mol. The SMILES string of the molecule is NC(=O)[C@H](Cc1cc(Cl)ccc1Br)NC(=O)[C@H]1CCCN1C(=O)OCc1ccccc1. The van der Waals surface area contributed by atoms with E-state index in [9.17, 15) is 14.4 Å². The van der Waals surface area contributed by atoms with Crippen molar-refractivity contribution in [3.8, 4) is 0 Å². The van der Waals surface area contributed by atoms with Crippen LogP contribution in [0.5, 0.6) is 0 Å². The molecule has 1 aliphatic rings. The molecule has 1 heterocycles. The third-order valence-electron chi connectivity index (χ3n) is 5.09. The number of benzene rings is 2. The quantitative estimate of drug-likeness (QED) is 0.598. The van der Waals surface area contributed by atoms with Crippen LogP contribution in [0.25, 0.3) is 0 Å². The Morgan fingerprint density at radius 1 is 1.23 bits per heavy atom. The maximum Gasteiger partial charge on any atom is 0.410 e. The molecule has 7 nitrogen and oxygen atoms in total. The topological polar surface area (TPSA) is 102 Å². The minimum absolute atomic E-state index is 0.122. The highest BCUT2D eigenvalue weighted by atomic mass is 79.9. The number of amides is 3. The largest absolute Gasteiger partial charge is 0.445 e. The van der Waals surface area contributed by atoms with E-state index in [0.29, 0.717) is 24.4 Å². The summed E-state index contributed by atoms with van der Waals surface area (Å²) in [4.78, 5) is 38.8.